The van der Waals surface area contributed by atoms with Crippen LogP contribution in [-0.2, 0) is 14.8 Å². The number of hydrogen-bond donors (Lipinski definition) is 2. The van der Waals surface area contributed by atoms with Gasteiger partial charge in [0, 0.05) is 17.3 Å². The average Bonchev–Trinajstić information content (AvgIpc) is 2.56. The van der Waals surface area contributed by atoms with Gasteiger partial charge in [0.05, 0.1) is 11.5 Å². The van der Waals surface area contributed by atoms with Crippen molar-refractivity contribution in [2.75, 3.05) is 16.6 Å². The number of nitrogens with one attached hydrogen (secondary N) is 2. The largest absolute Gasteiger partial charge is 0.494 e. The van der Waals surface area contributed by atoms with Gasteiger partial charge < -0.3 is 10.1 Å². The van der Waals surface area contributed by atoms with Crippen molar-refractivity contribution in [3.05, 3.63) is 48.0 Å². The van der Waals surface area contributed by atoms with Crippen LogP contribution in [-0.4, -0.2) is 20.9 Å². The van der Waals surface area contributed by atoms with E-state index in [4.69, 9.17) is 4.74 Å². The van der Waals surface area contributed by atoms with Crippen LogP contribution in [0.1, 0.15) is 31.7 Å². The number of carbonyl (C=O) groups excluding carboxylic acids is 1. The number of sulfonamides is 1. The molecule has 0 spiro atoms. The highest BCUT2D eigenvalue weighted by atomic mass is 32.2. The van der Waals surface area contributed by atoms with E-state index in [1.807, 2.05) is 6.92 Å². The molecule has 0 bridgehead atoms. The Morgan fingerprint density at radius 1 is 1.11 bits per heavy atom. The molecule has 0 aromatic heterocycles. The molecule has 2 aromatic rings. The normalized spacial score (nSPS) is 14.3. The Labute approximate surface area is 160 Å². The summed E-state index contributed by atoms with van der Waals surface area (Å²) in [6.07, 6.45) is 2.85. The fourth-order valence-electron chi connectivity index (χ4n) is 2.88. The number of amides is 1. The van der Waals surface area contributed by atoms with Crippen LogP contribution >= 0.6 is 0 Å². The van der Waals surface area contributed by atoms with Crippen LogP contribution in [0.4, 0.5) is 11.4 Å². The van der Waals surface area contributed by atoms with E-state index in [0.717, 1.165) is 19.3 Å². The molecule has 1 aliphatic carbocycles. The predicted octanol–water partition coefficient (Wildman–Crippen LogP) is 3.93. The molecule has 0 atom stereocenters. The maximum Gasteiger partial charge on any atom is 0.262 e. The van der Waals surface area contributed by atoms with Crippen LogP contribution in [0, 0.1) is 12.8 Å². The summed E-state index contributed by atoms with van der Waals surface area (Å²) in [4.78, 5) is 12.3. The van der Waals surface area contributed by atoms with Crippen LogP contribution in [0.2, 0.25) is 0 Å². The third-order valence-corrected chi connectivity index (χ3v) is 6.16. The molecule has 2 N–H and O–H groups in total. The average molecular weight is 388 g/mol. The highest BCUT2D eigenvalue weighted by Gasteiger charge is 2.25. The summed E-state index contributed by atoms with van der Waals surface area (Å²) in [5.41, 5.74) is 1.54. The Bertz CT molecular complexity index is 919. The molecule has 0 radical (unpaired) electrons. The van der Waals surface area contributed by atoms with Gasteiger partial charge in [-0.3, -0.25) is 9.52 Å². The molecular formula is C20H24N2O4S. The molecule has 0 heterocycles. The Hall–Kier alpha value is -2.54. The fraction of sp³-hybridized carbons (Fsp3) is 0.350. The maximum atomic E-state index is 12.8. The molecule has 1 fully saturated rings. The van der Waals surface area contributed by atoms with Crippen LogP contribution < -0.4 is 14.8 Å². The van der Waals surface area contributed by atoms with Gasteiger partial charge in [-0.1, -0.05) is 12.5 Å². The lowest BCUT2D eigenvalue weighted by atomic mass is 9.85. The Balaban J connectivity index is 1.78. The van der Waals surface area contributed by atoms with Gasteiger partial charge in [0.2, 0.25) is 5.91 Å². The second-order valence-electron chi connectivity index (χ2n) is 6.66. The third-order valence-electron chi connectivity index (χ3n) is 4.64. The number of aryl methyl sites for hydroxylation is 1. The van der Waals surface area contributed by atoms with Crippen molar-refractivity contribution >= 4 is 27.3 Å². The predicted molar refractivity (Wildman–Crippen MR) is 106 cm³/mol. The van der Waals surface area contributed by atoms with Crippen LogP contribution in [0.3, 0.4) is 0 Å². The van der Waals surface area contributed by atoms with Crippen molar-refractivity contribution in [2.45, 2.75) is 38.0 Å². The fourth-order valence-corrected chi connectivity index (χ4v) is 4.21. The van der Waals surface area contributed by atoms with Gasteiger partial charge in [0.15, 0.2) is 0 Å². The van der Waals surface area contributed by atoms with Crippen molar-refractivity contribution in [1.29, 1.82) is 0 Å². The van der Waals surface area contributed by atoms with Gasteiger partial charge >= 0.3 is 0 Å². The summed E-state index contributed by atoms with van der Waals surface area (Å²) in [5, 5.41) is 2.82. The first-order chi connectivity index (χ1) is 12.9. The molecule has 1 saturated carbocycles. The van der Waals surface area contributed by atoms with E-state index in [1.165, 1.54) is 6.07 Å². The zero-order valence-corrected chi connectivity index (χ0v) is 16.3. The molecule has 0 saturated heterocycles. The van der Waals surface area contributed by atoms with Gasteiger partial charge in [-0.15, -0.1) is 0 Å². The molecule has 144 valence electrons. The quantitative estimate of drug-likeness (QED) is 0.753. The minimum atomic E-state index is -3.78. The van der Waals surface area contributed by atoms with Crippen molar-refractivity contribution < 1.29 is 17.9 Å². The first kappa shape index (κ1) is 19.2. The molecule has 3 rings (SSSR count). The number of rotatable bonds is 7. The molecule has 1 amide bonds. The summed E-state index contributed by atoms with van der Waals surface area (Å²) in [6.45, 7) is 4.16. The first-order valence-electron chi connectivity index (χ1n) is 9.06. The highest BCUT2D eigenvalue weighted by molar-refractivity contribution is 7.92. The van der Waals surface area contributed by atoms with E-state index in [-0.39, 0.29) is 16.7 Å². The Kier molecular flexibility index (Phi) is 5.70. The van der Waals surface area contributed by atoms with Gasteiger partial charge in [0.1, 0.15) is 5.75 Å². The van der Waals surface area contributed by atoms with Crippen molar-refractivity contribution in [3.8, 4) is 5.75 Å². The lowest BCUT2D eigenvalue weighted by molar-refractivity contribution is -0.122. The topological polar surface area (TPSA) is 84.5 Å². The van der Waals surface area contributed by atoms with Gasteiger partial charge in [-0.25, -0.2) is 8.42 Å². The van der Waals surface area contributed by atoms with E-state index in [0.29, 0.717) is 29.3 Å². The van der Waals surface area contributed by atoms with E-state index >= 15 is 0 Å². The SMILES string of the molecule is CCOc1ccc(NS(=O)(=O)c2cc(NC(=O)C3CCC3)ccc2C)cc1. The molecular weight excluding hydrogens is 364 g/mol. The molecule has 7 heteroatoms. The summed E-state index contributed by atoms with van der Waals surface area (Å²) in [6, 6.07) is 11.7. The van der Waals surface area contributed by atoms with Crippen LogP contribution in [0.15, 0.2) is 47.4 Å². The monoisotopic (exact) mass is 388 g/mol. The molecule has 1 aliphatic rings. The summed E-state index contributed by atoms with van der Waals surface area (Å²) >= 11 is 0. The second-order valence-corrected chi connectivity index (χ2v) is 8.31. The molecule has 6 nitrogen and oxygen atoms in total. The lowest BCUT2D eigenvalue weighted by Gasteiger charge is -2.24. The minimum Gasteiger partial charge on any atom is -0.494 e. The molecule has 2 aromatic carbocycles. The van der Waals surface area contributed by atoms with Gasteiger partial charge in [-0.05, 0) is 68.7 Å². The van der Waals surface area contributed by atoms with E-state index in [1.54, 1.807) is 43.3 Å². The summed E-state index contributed by atoms with van der Waals surface area (Å²) in [7, 11) is -3.78. The van der Waals surface area contributed by atoms with Crippen molar-refractivity contribution in [3.63, 3.8) is 0 Å². The number of hydrogen-bond acceptors (Lipinski definition) is 4. The zero-order valence-electron chi connectivity index (χ0n) is 15.5. The summed E-state index contributed by atoms with van der Waals surface area (Å²) in [5.74, 6) is 0.665. The highest BCUT2D eigenvalue weighted by Crippen LogP contribution is 2.29. The number of anilines is 2. The van der Waals surface area contributed by atoms with Crippen LogP contribution in [0.5, 0.6) is 5.75 Å². The molecule has 0 unspecified atom stereocenters. The number of carbonyl (C=O) groups is 1. The maximum absolute atomic E-state index is 12.8. The van der Waals surface area contributed by atoms with E-state index in [2.05, 4.69) is 10.0 Å². The van der Waals surface area contributed by atoms with Crippen LogP contribution in [0.25, 0.3) is 0 Å². The molecule has 0 aliphatic heterocycles. The van der Waals surface area contributed by atoms with Crippen molar-refractivity contribution in [2.24, 2.45) is 5.92 Å². The number of ether oxygens (including phenoxy) is 1. The second kappa shape index (κ2) is 8.00. The first-order valence-corrected chi connectivity index (χ1v) is 10.5. The standard InChI is InChI=1S/C20H24N2O4S/c1-3-26-18-11-9-16(10-12-18)22-27(24,25)19-13-17(8-7-14(19)2)21-20(23)15-5-4-6-15/h7-13,15,22H,3-6H2,1-2H3,(H,21,23). The smallest absolute Gasteiger partial charge is 0.262 e. The Morgan fingerprint density at radius 2 is 1.78 bits per heavy atom. The lowest BCUT2D eigenvalue weighted by Crippen LogP contribution is -2.28. The number of benzene rings is 2. The molecule has 27 heavy (non-hydrogen) atoms. The third kappa shape index (κ3) is 4.60. The minimum absolute atomic E-state index is 0.0355. The van der Waals surface area contributed by atoms with Crippen molar-refractivity contribution in [1.82, 2.24) is 0 Å². The summed E-state index contributed by atoms with van der Waals surface area (Å²) < 4.78 is 33.6. The van der Waals surface area contributed by atoms with Gasteiger partial charge in [0.25, 0.3) is 10.0 Å². The zero-order chi connectivity index (χ0) is 19.4. The van der Waals surface area contributed by atoms with Gasteiger partial charge in [-0.2, -0.15) is 0 Å². The van der Waals surface area contributed by atoms with E-state index < -0.39 is 10.0 Å². The van der Waals surface area contributed by atoms with E-state index in [9.17, 15) is 13.2 Å². The Morgan fingerprint density at radius 3 is 2.37 bits per heavy atom.